The quantitative estimate of drug-likeness (QED) is 0.192. The van der Waals surface area contributed by atoms with E-state index in [1.807, 2.05) is 39.5 Å². The van der Waals surface area contributed by atoms with E-state index in [2.05, 4.69) is 49.8 Å². The average Bonchev–Trinajstić information content (AvgIpc) is 4.02. The molecular formula is C44H44F2N14O4. The topological polar surface area (TPSA) is 216 Å². The van der Waals surface area contributed by atoms with Crippen molar-refractivity contribution in [1.82, 2.24) is 49.8 Å². The zero-order valence-corrected chi connectivity index (χ0v) is 35.0. The van der Waals surface area contributed by atoms with E-state index in [0.29, 0.717) is 111 Å². The summed E-state index contributed by atoms with van der Waals surface area (Å²) in [6.45, 7) is 7.10. The van der Waals surface area contributed by atoms with Crippen LogP contribution >= 0.6 is 0 Å². The Bertz CT molecular complexity index is 2500. The number of carbonyl (C=O) groups is 2. The number of aliphatic carboxylic acids is 2. The Balaban J connectivity index is 0.000000162. The van der Waals surface area contributed by atoms with E-state index in [1.165, 1.54) is 18.2 Å². The fourth-order valence-electron chi connectivity index (χ4n) is 8.74. The van der Waals surface area contributed by atoms with Crippen molar-refractivity contribution in [3.8, 4) is 23.3 Å². The number of pyridine rings is 2. The van der Waals surface area contributed by atoms with Gasteiger partial charge in [-0.25, -0.2) is 54.2 Å². The highest BCUT2D eigenvalue weighted by Gasteiger charge is 2.33. The molecule has 0 aromatic carbocycles. The monoisotopic (exact) mass is 870 g/mol. The zero-order valence-electron chi connectivity index (χ0n) is 35.0. The van der Waals surface area contributed by atoms with Gasteiger partial charge in [0.1, 0.15) is 23.3 Å². The molecular weight excluding hydrogens is 827 g/mol. The molecule has 4 aliphatic heterocycles. The zero-order chi connectivity index (χ0) is 44.5. The molecule has 64 heavy (non-hydrogen) atoms. The number of halogens is 2. The summed E-state index contributed by atoms with van der Waals surface area (Å²) in [6.07, 6.45) is 12.6. The molecule has 6 aromatic heterocycles. The molecule has 6 aromatic rings. The van der Waals surface area contributed by atoms with Crippen LogP contribution in [-0.2, 0) is 22.4 Å². The largest absolute Gasteiger partial charge is 0.481 e. The van der Waals surface area contributed by atoms with E-state index in [0.717, 1.165) is 22.5 Å². The van der Waals surface area contributed by atoms with Gasteiger partial charge in [0.2, 0.25) is 5.95 Å². The molecule has 18 nitrogen and oxygen atoms in total. The maximum Gasteiger partial charge on any atom is 0.308 e. The second-order valence-corrected chi connectivity index (χ2v) is 16.1. The summed E-state index contributed by atoms with van der Waals surface area (Å²) in [5.74, 6) is -0.0734. The number of fused-ring (bicyclic) bond motifs is 2. The Morgan fingerprint density at radius 1 is 0.578 bits per heavy atom. The Hall–Kier alpha value is -7.38. The van der Waals surface area contributed by atoms with Gasteiger partial charge in [0.25, 0.3) is 0 Å². The van der Waals surface area contributed by atoms with Gasteiger partial charge in [-0.05, 0) is 38.8 Å². The molecule has 0 spiro atoms. The van der Waals surface area contributed by atoms with Crippen molar-refractivity contribution in [1.29, 1.82) is 0 Å². The number of rotatable bonds is 8. The second kappa shape index (κ2) is 17.8. The minimum absolute atomic E-state index is 0.100. The van der Waals surface area contributed by atoms with Crippen LogP contribution in [0.4, 0.5) is 31.9 Å². The molecule has 4 atom stereocenters. The fourth-order valence-corrected chi connectivity index (χ4v) is 8.74. The first-order valence-corrected chi connectivity index (χ1v) is 21.1. The molecule has 0 bridgehead atoms. The van der Waals surface area contributed by atoms with E-state index in [1.54, 1.807) is 49.3 Å². The van der Waals surface area contributed by atoms with Crippen LogP contribution < -0.4 is 19.6 Å². The Kier molecular flexibility index (Phi) is 11.6. The molecule has 0 amide bonds. The number of nitrogens with zero attached hydrogens (tertiary/aromatic N) is 14. The van der Waals surface area contributed by atoms with Gasteiger partial charge < -0.3 is 29.8 Å². The van der Waals surface area contributed by atoms with Gasteiger partial charge >= 0.3 is 11.9 Å². The number of carboxylic acid groups (broad SMARTS) is 2. The van der Waals surface area contributed by atoms with E-state index in [9.17, 15) is 28.6 Å². The highest BCUT2D eigenvalue weighted by atomic mass is 19.1. The van der Waals surface area contributed by atoms with E-state index < -0.39 is 35.5 Å². The molecule has 4 unspecified atom stereocenters. The van der Waals surface area contributed by atoms with Crippen LogP contribution in [0.5, 0.6) is 0 Å². The molecule has 4 aliphatic rings. The first-order chi connectivity index (χ1) is 31.0. The van der Waals surface area contributed by atoms with Crippen molar-refractivity contribution in [2.24, 2.45) is 11.8 Å². The number of hydrogen-bond acceptors (Lipinski definition) is 16. The minimum atomic E-state index is -0.828. The fraction of sp³-hybridized carbons (Fsp3) is 0.364. The number of aromatic nitrogens is 10. The summed E-state index contributed by atoms with van der Waals surface area (Å²) >= 11 is 0. The van der Waals surface area contributed by atoms with Crippen LogP contribution in [-0.4, -0.2) is 111 Å². The van der Waals surface area contributed by atoms with Crippen LogP contribution in [0.1, 0.15) is 61.3 Å². The smallest absolute Gasteiger partial charge is 0.308 e. The van der Waals surface area contributed by atoms with Gasteiger partial charge in [-0.2, -0.15) is 4.39 Å². The molecule has 328 valence electrons. The number of carboxylic acids is 2. The summed E-state index contributed by atoms with van der Waals surface area (Å²) in [4.78, 5) is 74.3. The molecule has 0 radical (unpaired) electrons. The summed E-state index contributed by atoms with van der Waals surface area (Å²) in [5.41, 5.74) is 4.41. The highest BCUT2D eigenvalue weighted by Crippen LogP contribution is 2.36. The van der Waals surface area contributed by atoms with Crippen LogP contribution in [0.3, 0.4) is 0 Å². The normalized spacial score (nSPS) is 20.3. The third-order valence-electron chi connectivity index (χ3n) is 12.2. The molecule has 2 N–H and O–H groups in total. The van der Waals surface area contributed by atoms with Crippen molar-refractivity contribution in [3.05, 3.63) is 108 Å². The predicted octanol–water partition coefficient (Wildman–Crippen LogP) is 5.00. The lowest BCUT2D eigenvalue weighted by Gasteiger charge is -2.36. The van der Waals surface area contributed by atoms with E-state index in [4.69, 9.17) is 0 Å². The third kappa shape index (κ3) is 8.67. The maximum atomic E-state index is 14.5. The van der Waals surface area contributed by atoms with Gasteiger partial charge in [0.15, 0.2) is 23.3 Å². The van der Waals surface area contributed by atoms with Gasteiger partial charge in [0, 0.05) is 130 Å². The highest BCUT2D eigenvalue weighted by molar-refractivity contribution is 5.73. The summed E-state index contributed by atoms with van der Waals surface area (Å²) in [6, 6.07) is 9.27. The minimum Gasteiger partial charge on any atom is -0.481 e. The van der Waals surface area contributed by atoms with Crippen molar-refractivity contribution < 1.29 is 28.6 Å². The van der Waals surface area contributed by atoms with Gasteiger partial charge in [-0.1, -0.05) is 0 Å². The Morgan fingerprint density at radius 3 is 1.58 bits per heavy atom. The summed E-state index contributed by atoms with van der Waals surface area (Å²) in [5, 5.41) is 18.5. The van der Waals surface area contributed by atoms with Crippen molar-refractivity contribution in [2.75, 3.05) is 58.9 Å². The lowest BCUT2D eigenvalue weighted by atomic mass is 9.99. The lowest BCUT2D eigenvalue weighted by Crippen LogP contribution is -2.36. The number of hydrogen-bond donors (Lipinski definition) is 2. The molecule has 20 heteroatoms. The lowest BCUT2D eigenvalue weighted by molar-refractivity contribution is -0.141. The third-order valence-corrected chi connectivity index (χ3v) is 12.2. The molecule has 10 rings (SSSR count). The molecule has 2 saturated heterocycles. The summed E-state index contributed by atoms with van der Waals surface area (Å²) in [7, 11) is 0. The maximum absolute atomic E-state index is 14.5. The molecule has 10 heterocycles. The number of anilines is 4. The standard InChI is InChI=1S/2C22H22FN7O2/c1-13-16-11-26-21(20-24-5-2-6-25-20)27-17(16)4-8-30(13)19-10-15(9-18(23)28-19)29-7-3-14(12-29)22(31)32;1-13-16-11-26-21(20-24-5-2-6-25-20)27-17(16)4-8-30(13)19-10-15(23)9-18(28-19)29-7-3-14(12-29)22(31)32/h2*2,5-6,9-11,13-14H,3-4,7-8,12H2,1H3,(H,31,32). The first-order valence-electron chi connectivity index (χ1n) is 21.1. The van der Waals surface area contributed by atoms with Crippen LogP contribution in [0.2, 0.25) is 0 Å². The van der Waals surface area contributed by atoms with Gasteiger partial charge in [-0.3, -0.25) is 9.59 Å². The van der Waals surface area contributed by atoms with Gasteiger partial charge in [-0.15, -0.1) is 0 Å². The van der Waals surface area contributed by atoms with Crippen molar-refractivity contribution in [2.45, 2.75) is 51.6 Å². The van der Waals surface area contributed by atoms with Crippen LogP contribution in [0.25, 0.3) is 23.3 Å². The second-order valence-electron chi connectivity index (χ2n) is 16.1. The average molecular weight is 871 g/mol. The van der Waals surface area contributed by atoms with Crippen molar-refractivity contribution in [3.63, 3.8) is 0 Å². The Morgan fingerprint density at radius 2 is 1.06 bits per heavy atom. The van der Waals surface area contributed by atoms with Crippen LogP contribution in [0.15, 0.2) is 73.6 Å². The van der Waals surface area contributed by atoms with Gasteiger partial charge in [0.05, 0.1) is 35.3 Å². The first kappa shape index (κ1) is 41.9. The van der Waals surface area contributed by atoms with E-state index in [-0.39, 0.29) is 12.1 Å². The molecule has 2 fully saturated rings. The molecule has 0 aliphatic carbocycles. The molecule has 0 saturated carbocycles. The predicted molar refractivity (Wildman–Crippen MR) is 229 cm³/mol. The summed E-state index contributed by atoms with van der Waals surface area (Å²) < 4.78 is 28.9. The van der Waals surface area contributed by atoms with E-state index >= 15 is 0 Å². The van der Waals surface area contributed by atoms with Crippen LogP contribution in [0, 0.1) is 23.6 Å². The van der Waals surface area contributed by atoms with Crippen molar-refractivity contribution >= 4 is 35.1 Å². The SMILES string of the molecule is CC1c2cnc(-c3ncccn3)nc2CCN1c1cc(F)cc(N2CCC(C(=O)O)C2)n1.CC1c2cnc(-c3ncccn3)nc2CCN1c1cc(N2CCC(C(=O)O)C2)cc(F)n1. The Labute approximate surface area is 366 Å².